The summed E-state index contributed by atoms with van der Waals surface area (Å²) < 4.78 is 0. The molecule has 23 heavy (non-hydrogen) atoms. The van der Waals surface area contributed by atoms with Crippen molar-refractivity contribution in [2.24, 2.45) is 10.7 Å². The molecule has 2 aromatic carbocycles. The molecular formula is C17H13ClN4O. The van der Waals surface area contributed by atoms with Crippen molar-refractivity contribution in [1.29, 1.82) is 0 Å². The zero-order valence-electron chi connectivity index (χ0n) is 12.0. The van der Waals surface area contributed by atoms with E-state index in [1.165, 1.54) is 0 Å². The number of nitrogens with zero attached hydrogens (tertiary/aromatic N) is 2. The van der Waals surface area contributed by atoms with Crippen molar-refractivity contribution in [3.8, 4) is 11.3 Å². The number of para-hydroxylation sites is 1. The van der Waals surface area contributed by atoms with E-state index in [0.29, 0.717) is 17.1 Å². The number of carbonyl (C=O) groups excluding carboxylic acids is 1. The van der Waals surface area contributed by atoms with E-state index >= 15 is 0 Å². The lowest BCUT2D eigenvalue weighted by atomic mass is 10.1. The number of carbonyl (C=O) groups is 1. The summed E-state index contributed by atoms with van der Waals surface area (Å²) in [6.45, 7) is 0. The van der Waals surface area contributed by atoms with Crippen LogP contribution in [-0.2, 0) is 4.79 Å². The Morgan fingerprint density at radius 1 is 1.17 bits per heavy atom. The number of hydrogen-bond donors (Lipinski definition) is 2. The minimum atomic E-state index is 0.0217. The largest absolute Gasteiger partial charge is 0.369 e. The topological polar surface area (TPSA) is 80.4 Å². The van der Waals surface area contributed by atoms with Gasteiger partial charge in [0.1, 0.15) is 0 Å². The first-order valence-corrected chi connectivity index (χ1v) is 7.25. The third-order valence-electron chi connectivity index (χ3n) is 3.26. The van der Waals surface area contributed by atoms with Gasteiger partial charge in [-0.1, -0.05) is 41.9 Å². The molecule has 1 amide bonds. The number of amides is 1. The van der Waals surface area contributed by atoms with E-state index in [0.717, 1.165) is 22.2 Å². The summed E-state index contributed by atoms with van der Waals surface area (Å²) in [6.07, 6.45) is 0.486. The Balaban J connectivity index is 2.21. The second-order valence-electron chi connectivity index (χ2n) is 4.81. The van der Waals surface area contributed by atoms with Crippen LogP contribution in [-0.4, -0.2) is 17.4 Å². The van der Waals surface area contributed by atoms with Crippen LogP contribution in [0, 0.1) is 0 Å². The zero-order chi connectivity index (χ0) is 16.2. The number of aromatic nitrogens is 1. The quantitative estimate of drug-likeness (QED) is 0.441. The molecule has 0 saturated heterocycles. The molecule has 3 aromatic rings. The fourth-order valence-electron chi connectivity index (χ4n) is 2.27. The summed E-state index contributed by atoms with van der Waals surface area (Å²) in [5, 5.41) is 3.80. The van der Waals surface area contributed by atoms with E-state index < -0.39 is 0 Å². The second kappa shape index (κ2) is 6.46. The average Bonchev–Trinajstić information content (AvgIpc) is 2.55. The van der Waals surface area contributed by atoms with Crippen LogP contribution in [0.15, 0.2) is 59.6 Å². The molecule has 114 valence electrons. The number of benzene rings is 2. The van der Waals surface area contributed by atoms with Crippen LogP contribution >= 0.6 is 11.6 Å². The molecule has 6 heteroatoms. The van der Waals surface area contributed by atoms with Crippen LogP contribution in [0.2, 0.25) is 5.02 Å². The smallest absolute Gasteiger partial charge is 0.213 e. The molecule has 1 heterocycles. The fraction of sp³-hybridized carbons (Fsp3) is 0. The van der Waals surface area contributed by atoms with Crippen LogP contribution in [0.1, 0.15) is 0 Å². The molecule has 5 nitrogen and oxygen atoms in total. The molecule has 0 aliphatic carbocycles. The highest BCUT2D eigenvalue weighted by Gasteiger charge is 2.08. The van der Waals surface area contributed by atoms with E-state index in [-0.39, 0.29) is 5.96 Å². The number of rotatable bonds is 3. The van der Waals surface area contributed by atoms with Crippen molar-refractivity contribution in [3.05, 3.63) is 59.6 Å². The SMILES string of the molecule is NC(=Nc1cc(-c2cccc(Cl)c2)nc2ccccc12)NC=O. The summed E-state index contributed by atoms with van der Waals surface area (Å²) >= 11 is 6.05. The van der Waals surface area contributed by atoms with Gasteiger partial charge in [0.2, 0.25) is 6.41 Å². The summed E-state index contributed by atoms with van der Waals surface area (Å²) in [7, 11) is 0. The summed E-state index contributed by atoms with van der Waals surface area (Å²) in [6, 6.07) is 16.8. The summed E-state index contributed by atoms with van der Waals surface area (Å²) in [4.78, 5) is 19.4. The van der Waals surface area contributed by atoms with Crippen molar-refractivity contribution in [2.45, 2.75) is 0 Å². The number of hydrogen-bond acceptors (Lipinski definition) is 3. The number of pyridine rings is 1. The predicted molar refractivity (Wildman–Crippen MR) is 92.7 cm³/mol. The molecule has 0 bridgehead atoms. The minimum Gasteiger partial charge on any atom is -0.369 e. The predicted octanol–water partition coefficient (Wildman–Crippen LogP) is 3.25. The molecule has 3 N–H and O–H groups in total. The summed E-state index contributed by atoms with van der Waals surface area (Å²) in [5.41, 5.74) is 8.69. The van der Waals surface area contributed by atoms with Gasteiger partial charge in [-0.15, -0.1) is 0 Å². The van der Waals surface area contributed by atoms with Crippen LogP contribution in [0.3, 0.4) is 0 Å². The van der Waals surface area contributed by atoms with Crippen molar-refractivity contribution in [3.63, 3.8) is 0 Å². The van der Waals surface area contributed by atoms with Gasteiger partial charge >= 0.3 is 0 Å². The normalized spacial score (nSPS) is 11.4. The number of nitrogens with one attached hydrogen (secondary N) is 1. The first kappa shape index (κ1) is 15.0. The fourth-order valence-corrected chi connectivity index (χ4v) is 2.46. The first-order valence-electron chi connectivity index (χ1n) is 6.87. The van der Waals surface area contributed by atoms with Crippen LogP contribution in [0.5, 0.6) is 0 Å². The van der Waals surface area contributed by atoms with Crippen molar-refractivity contribution in [1.82, 2.24) is 10.3 Å². The lowest BCUT2D eigenvalue weighted by Gasteiger charge is -2.08. The lowest BCUT2D eigenvalue weighted by Crippen LogP contribution is -2.29. The molecular weight excluding hydrogens is 312 g/mol. The van der Waals surface area contributed by atoms with Gasteiger partial charge in [-0.05, 0) is 24.3 Å². The van der Waals surface area contributed by atoms with Crippen molar-refractivity contribution < 1.29 is 4.79 Å². The minimum absolute atomic E-state index is 0.0217. The van der Waals surface area contributed by atoms with E-state index in [9.17, 15) is 4.79 Å². The third-order valence-corrected chi connectivity index (χ3v) is 3.50. The van der Waals surface area contributed by atoms with Gasteiger partial charge in [0.25, 0.3) is 0 Å². The molecule has 0 aliphatic rings. The number of fused-ring (bicyclic) bond motifs is 1. The maximum atomic E-state index is 10.5. The molecule has 0 atom stereocenters. The molecule has 0 unspecified atom stereocenters. The first-order chi connectivity index (χ1) is 11.2. The standard InChI is InChI=1S/C17H13ClN4O/c18-12-5-3-4-11(8-12)15-9-16(22-17(19)20-10-23)13-6-1-2-7-14(13)21-15/h1-10H,(H3,19,20,21,22,23). The number of nitrogens with two attached hydrogens (primary N) is 1. The lowest BCUT2D eigenvalue weighted by molar-refractivity contribution is -0.108. The Kier molecular flexibility index (Phi) is 4.21. The maximum absolute atomic E-state index is 10.5. The zero-order valence-corrected chi connectivity index (χ0v) is 12.8. The van der Waals surface area contributed by atoms with E-state index in [4.69, 9.17) is 17.3 Å². The molecule has 3 rings (SSSR count). The van der Waals surface area contributed by atoms with E-state index in [1.54, 1.807) is 6.07 Å². The van der Waals surface area contributed by atoms with Gasteiger partial charge in [-0.2, -0.15) is 0 Å². The van der Waals surface area contributed by atoms with Gasteiger partial charge in [0, 0.05) is 16.0 Å². The third kappa shape index (κ3) is 3.30. The van der Waals surface area contributed by atoms with Crippen LogP contribution in [0.4, 0.5) is 5.69 Å². The molecule has 0 fully saturated rings. The maximum Gasteiger partial charge on any atom is 0.213 e. The van der Waals surface area contributed by atoms with Crippen molar-refractivity contribution in [2.75, 3.05) is 0 Å². The van der Waals surface area contributed by atoms with Gasteiger partial charge in [-0.3, -0.25) is 10.1 Å². The van der Waals surface area contributed by atoms with Crippen LogP contribution < -0.4 is 11.1 Å². The Bertz CT molecular complexity index is 908. The van der Waals surface area contributed by atoms with E-state index in [2.05, 4.69) is 15.3 Å². The van der Waals surface area contributed by atoms with E-state index in [1.807, 2.05) is 48.5 Å². The highest BCUT2D eigenvalue weighted by Crippen LogP contribution is 2.31. The Morgan fingerprint density at radius 3 is 2.78 bits per heavy atom. The Morgan fingerprint density at radius 2 is 2.00 bits per heavy atom. The molecule has 0 radical (unpaired) electrons. The van der Waals surface area contributed by atoms with Gasteiger partial charge in [-0.25, -0.2) is 9.98 Å². The second-order valence-corrected chi connectivity index (χ2v) is 5.25. The Labute approximate surface area is 137 Å². The number of halogens is 1. The molecule has 0 saturated carbocycles. The molecule has 1 aromatic heterocycles. The van der Waals surface area contributed by atoms with Crippen LogP contribution in [0.25, 0.3) is 22.2 Å². The number of aliphatic imine (C=N–C) groups is 1. The molecule has 0 spiro atoms. The highest BCUT2D eigenvalue weighted by molar-refractivity contribution is 6.30. The highest BCUT2D eigenvalue weighted by atomic mass is 35.5. The van der Waals surface area contributed by atoms with Gasteiger partial charge in [0.15, 0.2) is 5.96 Å². The van der Waals surface area contributed by atoms with Gasteiger partial charge < -0.3 is 5.73 Å². The number of guanidine groups is 1. The van der Waals surface area contributed by atoms with Crippen molar-refractivity contribution >= 4 is 40.6 Å². The monoisotopic (exact) mass is 324 g/mol. The average molecular weight is 325 g/mol. The Hall–Kier alpha value is -2.92. The summed E-state index contributed by atoms with van der Waals surface area (Å²) in [5.74, 6) is 0.0217. The molecule has 0 aliphatic heterocycles. The van der Waals surface area contributed by atoms with Gasteiger partial charge in [0.05, 0.1) is 16.9 Å².